The van der Waals surface area contributed by atoms with Gasteiger partial charge in [-0.1, -0.05) is 269 Å². The summed E-state index contributed by atoms with van der Waals surface area (Å²) < 4.78 is 30.7. The number of amides is 1. The number of nitrogens with zero attached hydrogens (tertiary/aromatic N) is 1. The third-order valence-electron chi connectivity index (χ3n) is 14.3. The van der Waals surface area contributed by atoms with Crippen LogP contribution >= 0.6 is 7.82 Å². The Morgan fingerprint density at radius 3 is 1.24 bits per heavy atom. The maximum Gasteiger partial charge on any atom is 0.472 e. The lowest BCUT2D eigenvalue weighted by Gasteiger charge is -2.27. The maximum atomic E-state index is 13.5. The highest BCUT2D eigenvalue weighted by Gasteiger charge is 2.30. The van der Waals surface area contributed by atoms with Gasteiger partial charge in [-0.25, -0.2) is 4.57 Å². The van der Waals surface area contributed by atoms with Crippen LogP contribution in [0, 0.1) is 0 Å². The maximum absolute atomic E-state index is 13.5. The molecular formula is C64H124N2O7P+. The van der Waals surface area contributed by atoms with Crippen molar-refractivity contribution < 1.29 is 37.3 Å². The van der Waals surface area contributed by atoms with Crippen molar-refractivity contribution in [1.29, 1.82) is 0 Å². The molecule has 436 valence electrons. The van der Waals surface area contributed by atoms with E-state index in [9.17, 15) is 19.0 Å². The van der Waals surface area contributed by atoms with Gasteiger partial charge in [0.2, 0.25) is 5.91 Å². The third-order valence-corrected chi connectivity index (χ3v) is 15.3. The van der Waals surface area contributed by atoms with Crippen molar-refractivity contribution in [2.45, 2.75) is 322 Å². The molecule has 0 spiro atoms. The molecule has 0 aromatic rings. The first kappa shape index (κ1) is 72.2. The summed E-state index contributed by atoms with van der Waals surface area (Å²) in [5.41, 5.74) is 0. The zero-order chi connectivity index (χ0) is 54.3. The van der Waals surface area contributed by atoms with Crippen molar-refractivity contribution in [3.63, 3.8) is 0 Å². The molecule has 0 aliphatic carbocycles. The van der Waals surface area contributed by atoms with E-state index in [-0.39, 0.29) is 25.1 Å². The molecule has 10 heteroatoms. The van der Waals surface area contributed by atoms with Crippen LogP contribution in [-0.2, 0) is 27.9 Å². The van der Waals surface area contributed by atoms with Crippen LogP contribution in [0.4, 0.5) is 0 Å². The average Bonchev–Trinajstić information content (AvgIpc) is 3.36. The fourth-order valence-corrected chi connectivity index (χ4v) is 10.1. The molecule has 0 fully saturated rings. The van der Waals surface area contributed by atoms with Gasteiger partial charge in [-0.2, -0.15) is 0 Å². The Bertz CT molecular complexity index is 1360. The van der Waals surface area contributed by atoms with Gasteiger partial charge in [0.15, 0.2) is 0 Å². The minimum absolute atomic E-state index is 0.0430. The van der Waals surface area contributed by atoms with Crippen molar-refractivity contribution in [1.82, 2.24) is 5.32 Å². The molecule has 9 nitrogen and oxygen atoms in total. The van der Waals surface area contributed by atoms with E-state index in [0.29, 0.717) is 23.9 Å². The normalized spacial score (nSPS) is 13.9. The van der Waals surface area contributed by atoms with Crippen molar-refractivity contribution in [2.24, 2.45) is 0 Å². The van der Waals surface area contributed by atoms with Crippen LogP contribution in [0.2, 0.25) is 0 Å². The quantitative estimate of drug-likeness (QED) is 0.0205. The molecule has 0 bridgehead atoms. The summed E-state index contributed by atoms with van der Waals surface area (Å²) in [6, 6.07) is -0.843. The number of phosphoric ester groups is 1. The van der Waals surface area contributed by atoms with Crippen LogP contribution in [0.5, 0.6) is 0 Å². The summed E-state index contributed by atoms with van der Waals surface area (Å²) in [5, 5.41) is 3.06. The number of allylic oxidation sites excluding steroid dienone is 5. The summed E-state index contributed by atoms with van der Waals surface area (Å²) in [4.78, 5) is 37.7. The van der Waals surface area contributed by atoms with Crippen LogP contribution in [0.15, 0.2) is 36.5 Å². The van der Waals surface area contributed by atoms with Crippen molar-refractivity contribution >= 4 is 19.7 Å². The lowest BCUT2D eigenvalue weighted by Crippen LogP contribution is -2.47. The van der Waals surface area contributed by atoms with Gasteiger partial charge >= 0.3 is 13.8 Å². The van der Waals surface area contributed by atoms with Crippen molar-refractivity contribution in [3.8, 4) is 0 Å². The molecular weight excluding hydrogens is 940 g/mol. The van der Waals surface area contributed by atoms with Gasteiger partial charge in [0, 0.05) is 12.8 Å². The molecule has 0 aromatic carbocycles. The standard InChI is InChI=1S/C64H123N2O7P/c1-7-10-13-16-19-22-25-28-29-30-31-32-33-34-35-36-37-39-42-45-48-51-54-57-64(68)73-62(55-52-49-46-43-40-27-24-21-18-15-12-9-3)61(60-72-74(69,70)71-59-58-66(4,5)6)65-63(67)56-53-50-47-44-41-38-26-23-20-17-14-11-8-2/h19,22,28-29,52,55,61-62H,7-18,20-21,23-27,30-51,53-54,56-60H2,1-6H3,(H-,65,67,69,70)/p+1/b22-19-,29-28-,55-52+. The van der Waals surface area contributed by atoms with Gasteiger partial charge < -0.3 is 19.4 Å². The molecule has 0 rings (SSSR count). The topological polar surface area (TPSA) is 111 Å². The molecule has 2 N–H and O–H groups in total. The lowest BCUT2D eigenvalue weighted by atomic mass is 10.0. The minimum atomic E-state index is -4.44. The van der Waals surface area contributed by atoms with Crippen LogP contribution < -0.4 is 5.32 Å². The summed E-state index contributed by atoms with van der Waals surface area (Å²) >= 11 is 0. The molecule has 1 amide bonds. The van der Waals surface area contributed by atoms with Gasteiger partial charge in [-0.05, 0) is 63.9 Å². The van der Waals surface area contributed by atoms with E-state index in [4.69, 9.17) is 13.8 Å². The second kappa shape index (κ2) is 54.6. The van der Waals surface area contributed by atoms with Crippen LogP contribution in [-0.4, -0.2) is 74.3 Å². The Kier molecular flexibility index (Phi) is 53.3. The molecule has 0 aliphatic heterocycles. The first-order valence-corrected chi connectivity index (χ1v) is 33.3. The molecule has 0 saturated heterocycles. The number of quaternary nitrogens is 1. The number of esters is 1. The SMILES string of the molecule is CCCCC/C=C\C/C=C\CCCCCCCCCCCCCCCC(=O)OC(/C=C/CCCCCCCCCCCC)C(COP(=O)(O)OCC[N+](C)(C)C)NC(=O)CCCCCCCCCCCCCCC. The minimum Gasteiger partial charge on any atom is -0.456 e. The van der Waals surface area contributed by atoms with Gasteiger partial charge in [0.1, 0.15) is 19.3 Å². The second-order valence-electron chi connectivity index (χ2n) is 22.9. The predicted octanol–water partition coefficient (Wildman–Crippen LogP) is 19.5. The third kappa shape index (κ3) is 55.0. The van der Waals surface area contributed by atoms with Gasteiger partial charge in [-0.15, -0.1) is 0 Å². The van der Waals surface area contributed by atoms with Gasteiger partial charge in [0.05, 0.1) is 33.8 Å². The van der Waals surface area contributed by atoms with E-state index in [1.54, 1.807) is 0 Å². The fourth-order valence-electron chi connectivity index (χ4n) is 9.38. The number of likely N-dealkylation sites (N-methyl/N-ethyl adjacent to an activating group) is 1. The molecule has 74 heavy (non-hydrogen) atoms. The molecule has 0 heterocycles. The fraction of sp³-hybridized carbons (Fsp3) is 0.875. The Morgan fingerprint density at radius 2 is 0.824 bits per heavy atom. The van der Waals surface area contributed by atoms with E-state index < -0.39 is 20.0 Å². The van der Waals surface area contributed by atoms with E-state index in [1.165, 1.54) is 212 Å². The van der Waals surface area contributed by atoms with E-state index in [1.807, 2.05) is 33.3 Å². The van der Waals surface area contributed by atoms with Gasteiger partial charge in [-0.3, -0.25) is 18.6 Å². The number of ether oxygens (including phenoxy) is 1. The first-order valence-electron chi connectivity index (χ1n) is 31.8. The molecule has 3 atom stereocenters. The molecule has 0 radical (unpaired) electrons. The number of nitrogens with one attached hydrogen (secondary N) is 1. The second-order valence-corrected chi connectivity index (χ2v) is 24.4. The highest BCUT2D eigenvalue weighted by molar-refractivity contribution is 7.47. The Morgan fingerprint density at radius 1 is 0.473 bits per heavy atom. The molecule has 0 saturated carbocycles. The zero-order valence-electron chi connectivity index (χ0n) is 49.9. The van der Waals surface area contributed by atoms with E-state index in [0.717, 1.165) is 64.2 Å². The highest BCUT2D eigenvalue weighted by Crippen LogP contribution is 2.43. The summed E-state index contributed by atoms with van der Waals surface area (Å²) in [5.74, 6) is -0.492. The number of hydrogen-bond donors (Lipinski definition) is 2. The van der Waals surface area contributed by atoms with Crippen LogP contribution in [0.3, 0.4) is 0 Å². The average molecular weight is 1060 g/mol. The molecule has 0 aromatic heterocycles. The summed E-state index contributed by atoms with van der Waals surface area (Å²) in [6.07, 6.45) is 65.7. The van der Waals surface area contributed by atoms with E-state index >= 15 is 0 Å². The number of carbonyl (C=O) groups excluding carboxylic acids is 2. The summed E-state index contributed by atoms with van der Waals surface area (Å²) in [6.45, 7) is 7.02. The number of unbranched alkanes of at least 4 members (excludes halogenated alkanes) is 38. The number of carbonyl (C=O) groups is 2. The smallest absolute Gasteiger partial charge is 0.456 e. The first-order chi connectivity index (χ1) is 35.9. The largest absolute Gasteiger partial charge is 0.472 e. The van der Waals surface area contributed by atoms with Crippen LogP contribution in [0.1, 0.15) is 310 Å². The highest BCUT2D eigenvalue weighted by atomic mass is 31.2. The molecule has 0 aliphatic rings. The van der Waals surface area contributed by atoms with Crippen LogP contribution in [0.25, 0.3) is 0 Å². The number of rotatable bonds is 58. The lowest BCUT2D eigenvalue weighted by molar-refractivity contribution is -0.870. The van der Waals surface area contributed by atoms with Crippen molar-refractivity contribution in [2.75, 3.05) is 40.9 Å². The summed E-state index contributed by atoms with van der Waals surface area (Å²) in [7, 11) is 1.51. The predicted molar refractivity (Wildman–Crippen MR) is 319 cm³/mol. The van der Waals surface area contributed by atoms with Gasteiger partial charge in [0.25, 0.3) is 0 Å². The van der Waals surface area contributed by atoms with Crippen molar-refractivity contribution in [3.05, 3.63) is 36.5 Å². The van der Waals surface area contributed by atoms with E-state index in [2.05, 4.69) is 50.4 Å². The monoisotopic (exact) mass is 1060 g/mol. The number of hydrogen-bond acceptors (Lipinski definition) is 6. The Balaban J connectivity index is 5.12. The Labute approximate surface area is 459 Å². The number of phosphoric acid groups is 1. The molecule has 3 unspecified atom stereocenters. The Hall–Kier alpha value is -1.77. The zero-order valence-corrected chi connectivity index (χ0v) is 50.7.